The molecule has 0 aromatic heterocycles. The molecule has 2 atom stereocenters. The van der Waals surface area contributed by atoms with E-state index in [2.05, 4.69) is 63.1 Å². The summed E-state index contributed by atoms with van der Waals surface area (Å²) in [5.74, 6) is 0.572. The van der Waals surface area contributed by atoms with Gasteiger partial charge in [0, 0.05) is 12.1 Å². The van der Waals surface area contributed by atoms with E-state index < -0.39 is 0 Å². The summed E-state index contributed by atoms with van der Waals surface area (Å²) in [5.41, 5.74) is 7.50. The van der Waals surface area contributed by atoms with Crippen LogP contribution in [0.1, 0.15) is 32.8 Å². The second-order valence-electron chi connectivity index (χ2n) is 5.72. The van der Waals surface area contributed by atoms with E-state index >= 15 is 0 Å². The van der Waals surface area contributed by atoms with Gasteiger partial charge < -0.3 is 10.6 Å². The maximum Gasteiger partial charge on any atom is 0.0104 e. The molecule has 0 saturated carbocycles. The molecule has 0 spiro atoms. The summed E-state index contributed by atoms with van der Waals surface area (Å²) in [4.78, 5) is 2.41. The van der Waals surface area contributed by atoms with Crippen molar-refractivity contribution in [3.63, 3.8) is 0 Å². The zero-order valence-electron chi connectivity index (χ0n) is 12.3. The average molecular weight is 248 g/mol. The number of hydrogen-bond donors (Lipinski definition) is 1. The molecule has 0 amide bonds. The molecule has 2 N–H and O–H groups in total. The van der Waals surface area contributed by atoms with Crippen molar-refractivity contribution in [2.75, 3.05) is 13.6 Å². The Bertz CT molecular complexity index is 321. The molecule has 0 heterocycles. The highest BCUT2D eigenvalue weighted by atomic mass is 15.1. The fourth-order valence-corrected chi connectivity index (χ4v) is 2.02. The first kappa shape index (κ1) is 15.2. The van der Waals surface area contributed by atoms with Gasteiger partial charge in [0.05, 0.1) is 0 Å². The smallest absolute Gasteiger partial charge is 0.0104 e. The third-order valence-corrected chi connectivity index (χ3v) is 3.80. The summed E-state index contributed by atoms with van der Waals surface area (Å²) in [6.45, 7) is 7.75. The molecule has 0 radical (unpaired) electrons. The van der Waals surface area contributed by atoms with Crippen LogP contribution in [0.15, 0.2) is 30.3 Å². The Morgan fingerprint density at radius 1 is 1.11 bits per heavy atom. The highest BCUT2D eigenvalue weighted by molar-refractivity contribution is 5.15. The normalized spacial score (nSPS) is 15.1. The Morgan fingerprint density at radius 2 is 1.72 bits per heavy atom. The van der Waals surface area contributed by atoms with E-state index in [0.717, 1.165) is 19.4 Å². The zero-order valence-corrected chi connectivity index (χ0v) is 12.3. The van der Waals surface area contributed by atoms with E-state index in [1.165, 1.54) is 5.56 Å². The van der Waals surface area contributed by atoms with Crippen molar-refractivity contribution in [1.82, 2.24) is 4.90 Å². The largest absolute Gasteiger partial charge is 0.327 e. The fourth-order valence-electron chi connectivity index (χ4n) is 2.02. The fraction of sp³-hybridized carbons (Fsp3) is 0.625. The summed E-state index contributed by atoms with van der Waals surface area (Å²) < 4.78 is 0. The van der Waals surface area contributed by atoms with Crippen molar-refractivity contribution in [3.8, 4) is 0 Å². The standard InChI is InChI=1S/C16H28N2/c1-13(2)16(17)10-11-18(4)14(3)12-15-8-6-5-7-9-15/h5-9,13-14,16H,10-12,17H2,1-4H3. The monoisotopic (exact) mass is 248 g/mol. The first-order valence-corrected chi connectivity index (χ1v) is 7.00. The predicted molar refractivity (Wildman–Crippen MR) is 79.7 cm³/mol. The van der Waals surface area contributed by atoms with E-state index in [-0.39, 0.29) is 0 Å². The zero-order chi connectivity index (χ0) is 13.5. The van der Waals surface area contributed by atoms with Gasteiger partial charge in [-0.15, -0.1) is 0 Å². The van der Waals surface area contributed by atoms with E-state index in [1.54, 1.807) is 0 Å². The molecule has 2 nitrogen and oxygen atoms in total. The third-order valence-electron chi connectivity index (χ3n) is 3.80. The van der Waals surface area contributed by atoms with Gasteiger partial charge in [-0.2, -0.15) is 0 Å². The van der Waals surface area contributed by atoms with Gasteiger partial charge in [0.15, 0.2) is 0 Å². The third kappa shape index (κ3) is 5.19. The second-order valence-corrected chi connectivity index (χ2v) is 5.72. The maximum absolute atomic E-state index is 6.09. The molecule has 0 aliphatic rings. The quantitative estimate of drug-likeness (QED) is 0.804. The van der Waals surface area contributed by atoms with Crippen LogP contribution in [-0.2, 0) is 6.42 Å². The highest BCUT2D eigenvalue weighted by Gasteiger charge is 2.13. The number of nitrogens with zero attached hydrogens (tertiary/aromatic N) is 1. The van der Waals surface area contributed by atoms with Gasteiger partial charge in [-0.05, 0) is 44.8 Å². The Kier molecular flexibility index (Phi) is 6.37. The van der Waals surface area contributed by atoms with Crippen molar-refractivity contribution >= 4 is 0 Å². The van der Waals surface area contributed by atoms with Gasteiger partial charge in [0.25, 0.3) is 0 Å². The molecule has 0 aliphatic heterocycles. The molecule has 1 aromatic rings. The van der Waals surface area contributed by atoms with E-state index in [9.17, 15) is 0 Å². The number of likely N-dealkylation sites (N-methyl/N-ethyl adjacent to an activating group) is 1. The van der Waals surface area contributed by atoms with Crippen LogP contribution in [0.3, 0.4) is 0 Å². The van der Waals surface area contributed by atoms with Gasteiger partial charge in [0.2, 0.25) is 0 Å². The topological polar surface area (TPSA) is 29.3 Å². The molecule has 2 heteroatoms. The molecule has 0 saturated heterocycles. The maximum atomic E-state index is 6.09. The van der Waals surface area contributed by atoms with Crippen LogP contribution in [0, 0.1) is 5.92 Å². The minimum atomic E-state index is 0.316. The lowest BCUT2D eigenvalue weighted by atomic mass is 10.0. The van der Waals surface area contributed by atoms with Gasteiger partial charge in [-0.25, -0.2) is 0 Å². The lowest BCUT2D eigenvalue weighted by Crippen LogP contribution is -2.36. The number of rotatable bonds is 7. The van der Waals surface area contributed by atoms with Crippen LogP contribution >= 0.6 is 0 Å². The van der Waals surface area contributed by atoms with Crippen LogP contribution in [0.4, 0.5) is 0 Å². The van der Waals surface area contributed by atoms with Crippen LogP contribution in [0.5, 0.6) is 0 Å². The first-order valence-electron chi connectivity index (χ1n) is 7.00. The minimum Gasteiger partial charge on any atom is -0.327 e. The van der Waals surface area contributed by atoms with E-state index in [4.69, 9.17) is 5.73 Å². The first-order chi connectivity index (χ1) is 8.50. The number of nitrogens with two attached hydrogens (primary N) is 1. The number of benzene rings is 1. The van der Waals surface area contributed by atoms with Crippen molar-refractivity contribution < 1.29 is 0 Å². The molecule has 1 rings (SSSR count). The van der Waals surface area contributed by atoms with E-state index in [1.807, 2.05) is 0 Å². The molecular weight excluding hydrogens is 220 g/mol. The lowest BCUT2D eigenvalue weighted by Gasteiger charge is -2.27. The van der Waals surface area contributed by atoms with Gasteiger partial charge >= 0.3 is 0 Å². The Hall–Kier alpha value is -0.860. The Morgan fingerprint density at radius 3 is 2.28 bits per heavy atom. The lowest BCUT2D eigenvalue weighted by molar-refractivity contribution is 0.239. The van der Waals surface area contributed by atoms with Crippen molar-refractivity contribution in [3.05, 3.63) is 35.9 Å². The number of hydrogen-bond acceptors (Lipinski definition) is 2. The molecule has 0 fully saturated rings. The van der Waals surface area contributed by atoms with E-state index in [0.29, 0.717) is 18.0 Å². The molecule has 1 aromatic carbocycles. The predicted octanol–water partition coefficient (Wildman–Crippen LogP) is 2.92. The summed E-state index contributed by atoms with van der Waals surface area (Å²) in [7, 11) is 2.20. The van der Waals surface area contributed by atoms with Crippen LogP contribution in [0.25, 0.3) is 0 Å². The molecule has 0 bridgehead atoms. The highest BCUT2D eigenvalue weighted by Crippen LogP contribution is 2.09. The van der Waals surface area contributed by atoms with Crippen molar-refractivity contribution in [2.45, 2.75) is 45.7 Å². The van der Waals surface area contributed by atoms with Gasteiger partial charge in [0.1, 0.15) is 0 Å². The molecule has 2 unspecified atom stereocenters. The van der Waals surface area contributed by atoms with Crippen LogP contribution in [-0.4, -0.2) is 30.6 Å². The Balaban J connectivity index is 2.35. The van der Waals surface area contributed by atoms with Crippen LogP contribution in [0.2, 0.25) is 0 Å². The van der Waals surface area contributed by atoms with Crippen molar-refractivity contribution in [2.24, 2.45) is 11.7 Å². The molecule has 102 valence electrons. The summed E-state index contributed by atoms with van der Waals surface area (Å²) in [6, 6.07) is 11.6. The van der Waals surface area contributed by atoms with Gasteiger partial charge in [-0.3, -0.25) is 0 Å². The van der Waals surface area contributed by atoms with Crippen LogP contribution < -0.4 is 5.73 Å². The Labute approximate surface area is 112 Å². The van der Waals surface area contributed by atoms with Gasteiger partial charge in [-0.1, -0.05) is 44.2 Å². The van der Waals surface area contributed by atoms with Crippen molar-refractivity contribution in [1.29, 1.82) is 0 Å². The SMILES string of the molecule is CC(C)C(N)CCN(C)C(C)Cc1ccccc1. The summed E-state index contributed by atoms with van der Waals surface area (Å²) in [5, 5.41) is 0. The average Bonchev–Trinajstić information content (AvgIpc) is 2.36. The molecule has 0 aliphatic carbocycles. The second kappa shape index (κ2) is 7.55. The summed E-state index contributed by atoms with van der Waals surface area (Å²) >= 11 is 0. The molecule has 18 heavy (non-hydrogen) atoms. The minimum absolute atomic E-state index is 0.316. The molecular formula is C16H28N2. The summed E-state index contributed by atoms with van der Waals surface area (Å²) in [6.07, 6.45) is 2.18.